The topological polar surface area (TPSA) is 80.5 Å². The van der Waals surface area contributed by atoms with E-state index in [1.807, 2.05) is 37.3 Å². The second-order valence-electron chi connectivity index (χ2n) is 5.97. The van der Waals surface area contributed by atoms with Gasteiger partial charge >= 0.3 is 0 Å². The fourth-order valence-electron chi connectivity index (χ4n) is 2.67. The molecule has 0 bridgehead atoms. The first kappa shape index (κ1) is 15.5. The fraction of sp³-hybridized carbons (Fsp3) is 0.471. The van der Waals surface area contributed by atoms with E-state index in [-0.39, 0.29) is 5.92 Å². The molecule has 0 spiro atoms. The molecule has 122 valence electrons. The monoisotopic (exact) mass is 313 g/mol. The molecule has 1 aromatic carbocycles. The largest absolute Gasteiger partial charge is 0.370 e. The van der Waals surface area contributed by atoms with E-state index < -0.39 is 0 Å². The molecule has 6 nitrogen and oxygen atoms in total. The number of nitrogens with two attached hydrogens (primary N) is 1. The van der Waals surface area contributed by atoms with E-state index in [1.165, 1.54) is 19.3 Å². The third-order valence-corrected chi connectivity index (χ3v) is 4.10. The Labute approximate surface area is 136 Å². The highest BCUT2D eigenvalue weighted by atomic mass is 16.5. The summed E-state index contributed by atoms with van der Waals surface area (Å²) >= 11 is 0. The molecular formula is C17H23N5O. The minimum absolute atomic E-state index is 0.0447. The number of likely N-dealkylation sites (tertiary alicyclic amines) is 1. The van der Waals surface area contributed by atoms with Gasteiger partial charge < -0.3 is 15.2 Å². The third kappa shape index (κ3) is 3.88. The zero-order valence-corrected chi connectivity index (χ0v) is 13.5. The average Bonchev–Trinajstić information content (AvgIpc) is 3.11. The van der Waals surface area contributed by atoms with Crippen molar-refractivity contribution in [3.8, 4) is 11.4 Å². The Bertz CT molecular complexity index is 646. The summed E-state index contributed by atoms with van der Waals surface area (Å²) < 4.78 is 5.37. The Morgan fingerprint density at radius 3 is 2.74 bits per heavy atom. The Morgan fingerprint density at radius 2 is 2.00 bits per heavy atom. The SMILES string of the molecule is CC(CN=C(N)N1CCCCC1)c1nc(-c2ccccc2)no1. The molecule has 6 heteroatoms. The van der Waals surface area contributed by atoms with Crippen LogP contribution in [0, 0.1) is 0 Å². The lowest BCUT2D eigenvalue weighted by molar-refractivity contribution is 0.336. The number of aliphatic imine (C=N–C) groups is 1. The second-order valence-corrected chi connectivity index (χ2v) is 5.97. The molecule has 3 rings (SSSR count). The smallest absolute Gasteiger partial charge is 0.231 e. The molecule has 1 fully saturated rings. The Balaban J connectivity index is 1.62. The fourth-order valence-corrected chi connectivity index (χ4v) is 2.67. The van der Waals surface area contributed by atoms with E-state index in [4.69, 9.17) is 10.3 Å². The van der Waals surface area contributed by atoms with Crippen molar-refractivity contribution in [2.45, 2.75) is 32.1 Å². The molecule has 2 heterocycles. The quantitative estimate of drug-likeness (QED) is 0.693. The maximum atomic E-state index is 6.08. The van der Waals surface area contributed by atoms with E-state index in [2.05, 4.69) is 20.0 Å². The molecule has 0 radical (unpaired) electrons. The summed E-state index contributed by atoms with van der Waals surface area (Å²) in [6.07, 6.45) is 3.66. The highest BCUT2D eigenvalue weighted by molar-refractivity contribution is 5.78. The van der Waals surface area contributed by atoms with Crippen LogP contribution in [-0.2, 0) is 0 Å². The number of hydrogen-bond acceptors (Lipinski definition) is 4. The van der Waals surface area contributed by atoms with E-state index in [0.717, 1.165) is 18.7 Å². The molecule has 1 aromatic heterocycles. The maximum absolute atomic E-state index is 6.08. The van der Waals surface area contributed by atoms with Gasteiger partial charge in [-0.2, -0.15) is 4.98 Å². The summed E-state index contributed by atoms with van der Waals surface area (Å²) in [6, 6.07) is 9.81. The van der Waals surface area contributed by atoms with Gasteiger partial charge in [0.05, 0.1) is 12.5 Å². The Morgan fingerprint density at radius 1 is 1.26 bits per heavy atom. The van der Waals surface area contributed by atoms with Crippen molar-refractivity contribution in [3.63, 3.8) is 0 Å². The van der Waals surface area contributed by atoms with Crippen LogP contribution in [0.25, 0.3) is 11.4 Å². The average molecular weight is 313 g/mol. The first-order valence-electron chi connectivity index (χ1n) is 8.18. The number of benzene rings is 1. The summed E-state index contributed by atoms with van der Waals surface area (Å²) in [5.41, 5.74) is 7.03. The van der Waals surface area contributed by atoms with E-state index in [1.54, 1.807) is 0 Å². The number of nitrogens with zero attached hydrogens (tertiary/aromatic N) is 4. The minimum Gasteiger partial charge on any atom is -0.370 e. The van der Waals surface area contributed by atoms with Gasteiger partial charge in [0.25, 0.3) is 0 Å². The molecule has 0 saturated carbocycles. The molecule has 0 amide bonds. The summed E-state index contributed by atoms with van der Waals surface area (Å²) in [6.45, 7) is 4.58. The van der Waals surface area contributed by atoms with Crippen molar-refractivity contribution >= 4 is 5.96 Å². The molecule has 23 heavy (non-hydrogen) atoms. The van der Waals surface area contributed by atoms with Crippen molar-refractivity contribution in [2.24, 2.45) is 10.7 Å². The summed E-state index contributed by atoms with van der Waals surface area (Å²) in [4.78, 5) is 11.1. The molecular weight excluding hydrogens is 290 g/mol. The van der Waals surface area contributed by atoms with Crippen LogP contribution in [0.2, 0.25) is 0 Å². The van der Waals surface area contributed by atoms with Crippen LogP contribution >= 0.6 is 0 Å². The number of piperidine rings is 1. The van der Waals surface area contributed by atoms with Gasteiger partial charge in [-0.3, -0.25) is 4.99 Å². The Hall–Kier alpha value is -2.37. The van der Waals surface area contributed by atoms with Crippen molar-refractivity contribution in [1.82, 2.24) is 15.0 Å². The lowest BCUT2D eigenvalue weighted by Crippen LogP contribution is -2.41. The van der Waals surface area contributed by atoms with Gasteiger partial charge in [0.15, 0.2) is 5.96 Å². The van der Waals surface area contributed by atoms with Gasteiger partial charge in [0.2, 0.25) is 11.7 Å². The summed E-state index contributed by atoms with van der Waals surface area (Å²) in [5.74, 6) is 1.88. The van der Waals surface area contributed by atoms with Crippen molar-refractivity contribution < 1.29 is 4.52 Å². The molecule has 0 aliphatic carbocycles. The molecule has 1 saturated heterocycles. The van der Waals surface area contributed by atoms with Crippen LogP contribution in [0.1, 0.15) is 38.0 Å². The predicted octanol–water partition coefficient (Wildman–Crippen LogP) is 2.64. The van der Waals surface area contributed by atoms with Crippen LogP contribution in [0.5, 0.6) is 0 Å². The van der Waals surface area contributed by atoms with Crippen molar-refractivity contribution in [2.75, 3.05) is 19.6 Å². The van der Waals surface area contributed by atoms with Gasteiger partial charge in [0, 0.05) is 18.7 Å². The first-order chi connectivity index (χ1) is 11.2. The van der Waals surface area contributed by atoms with Gasteiger partial charge in [-0.05, 0) is 19.3 Å². The maximum Gasteiger partial charge on any atom is 0.231 e. The second kappa shape index (κ2) is 7.26. The van der Waals surface area contributed by atoms with E-state index in [0.29, 0.717) is 24.2 Å². The predicted molar refractivity (Wildman–Crippen MR) is 90.1 cm³/mol. The number of aromatic nitrogens is 2. The highest BCUT2D eigenvalue weighted by Gasteiger charge is 2.16. The molecule has 1 atom stereocenters. The number of rotatable bonds is 4. The zero-order valence-electron chi connectivity index (χ0n) is 13.5. The highest BCUT2D eigenvalue weighted by Crippen LogP contribution is 2.19. The van der Waals surface area contributed by atoms with Gasteiger partial charge in [0.1, 0.15) is 0 Å². The van der Waals surface area contributed by atoms with Crippen LogP contribution in [-0.4, -0.2) is 40.6 Å². The zero-order chi connectivity index (χ0) is 16.1. The van der Waals surface area contributed by atoms with Crippen molar-refractivity contribution in [3.05, 3.63) is 36.2 Å². The van der Waals surface area contributed by atoms with E-state index >= 15 is 0 Å². The van der Waals surface area contributed by atoms with Gasteiger partial charge in [-0.25, -0.2) is 0 Å². The van der Waals surface area contributed by atoms with Crippen molar-refractivity contribution in [1.29, 1.82) is 0 Å². The van der Waals surface area contributed by atoms with Gasteiger partial charge in [-0.1, -0.05) is 42.4 Å². The normalized spacial score (nSPS) is 17.3. The minimum atomic E-state index is 0.0447. The third-order valence-electron chi connectivity index (χ3n) is 4.10. The molecule has 2 aromatic rings. The van der Waals surface area contributed by atoms with E-state index in [9.17, 15) is 0 Å². The number of hydrogen-bond donors (Lipinski definition) is 1. The molecule has 1 unspecified atom stereocenters. The van der Waals surface area contributed by atoms with Gasteiger partial charge in [-0.15, -0.1) is 0 Å². The number of guanidine groups is 1. The van der Waals surface area contributed by atoms with Crippen LogP contribution in [0.4, 0.5) is 0 Å². The van der Waals surface area contributed by atoms with Crippen LogP contribution < -0.4 is 5.73 Å². The lowest BCUT2D eigenvalue weighted by Gasteiger charge is -2.27. The first-order valence-corrected chi connectivity index (χ1v) is 8.18. The van der Waals surface area contributed by atoms with Crippen LogP contribution in [0.15, 0.2) is 39.8 Å². The lowest BCUT2D eigenvalue weighted by atomic mass is 10.1. The molecule has 1 aliphatic heterocycles. The summed E-state index contributed by atoms with van der Waals surface area (Å²) in [5, 5.41) is 4.05. The standard InChI is InChI=1S/C17H23N5O/c1-13(12-19-17(18)22-10-6-3-7-11-22)16-20-15(21-23-16)14-8-4-2-5-9-14/h2,4-5,8-9,13H,3,6-7,10-12H2,1H3,(H2,18,19). The summed E-state index contributed by atoms with van der Waals surface area (Å²) in [7, 11) is 0. The van der Waals surface area contributed by atoms with Crippen LogP contribution in [0.3, 0.4) is 0 Å². The molecule has 1 aliphatic rings. The molecule has 2 N–H and O–H groups in total. The Kier molecular flexibility index (Phi) is 4.90.